The molecule has 0 amide bonds. The van der Waals surface area contributed by atoms with Crippen molar-refractivity contribution in [2.75, 3.05) is 37.4 Å². The molecule has 1 aliphatic rings. The van der Waals surface area contributed by atoms with Gasteiger partial charge in [0.2, 0.25) is 5.95 Å². The number of pyridine rings is 1. The van der Waals surface area contributed by atoms with Crippen molar-refractivity contribution in [2.24, 2.45) is 5.92 Å². The Hall–Kier alpha value is -3.99. The van der Waals surface area contributed by atoms with E-state index < -0.39 is 0 Å². The zero-order valence-electron chi connectivity index (χ0n) is 22.6. The zero-order chi connectivity index (χ0) is 26.8. The Kier molecular flexibility index (Phi) is 7.28. The molecule has 11 heteroatoms. The highest BCUT2D eigenvalue weighted by Crippen LogP contribution is 2.23. The lowest BCUT2D eigenvalue weighted by Crippen LogP contribution is -2.42. The molecule has 5 heterocycles. The third-order valence-corrected chi connectivity index (χ3v) is 6.95. The summed E-state index contributed by atoms with van der Waals surface area (Å²) >= 11 is 0. The van der Waals surface area contributed by atoms with Crippen LogP contribution in [0.4, 0.5) is 17.5 Å². The monoisotopic (exact) mass is 516 g/mol. The van der Waals surface area contributed by atoms with Gasteiger partial charge in [0, 0.05) is 32.0 Å². The Morgan fingerprint density at radius 2 is 2.00 bits per heavy atom. The lowest BCUT2D eigenvalue weighted by molar-refractivity contribution is 0.252. The minimum absolute atomic E-state index is 0.188. The van der Waals surface area contributed by atoms with Crippen LogP contribution < -0.4 is 15.8 Å². The minimum Gasteiger partial charge on any atom is -0.357 e. The molecule has 1 aliphatic heterocycles. The number of aromatic nitrogens is 7. The third-order valence-electron chi connectivity index (χ3n) is 6.95. The summed E-state index contributed by atoms with van der Waals surface area (Å²) < 4.78 is 5.25. The smallest absolute Gasteiger partial charge is 0.278 e. The summed E-state index contributed by atoms with van der Waals surface area (Å²) in [6, 6.07) is 6.30. The van der Waals surface area contributed by atoms with E-state index in [0.29, 0.717) is 41.3 Å². The highest BCUT2D eigenvalue weighted by atomic mass is 16.1. The van der Waals surface area contributed by atoms with Gasteiger partial charge in [-0.2, -0.15) is 10.1 Å². The number of nitrogens with one attached hydrogen (secondary N) is 1. The molecule has 4 aromatic rings. The van der Waals surface area contributed by atoms with E-state index in [0.717, 1.165) is 44.0 Å². The normalized spacial score (nSPS) is 14.9. The van der Waals surface area contributed by atoms with Crippen molar-refractivity contribution >= 4 is 28.5 Å². The molecule has 1 fully saturated rings. The van der Waals surface area contributed by atoms with Crippen LogP contribution >= 0.6 is 0 Å². The van der Waals surface area contributed by atoms with E-state index in [9.17, 15) is 4.79 Å². The van der Waals surface area contributed by atoms with Crippen LogP contribution in [0.1, 0.15) is 26.7 Å². The van der Waals surface area contributed by atoms with Crippen molar-refractivity contribution in [1.82, 2.24) is 39.0 Å². The molecule has 0 radical (unpaired) electrons. The van der Waals surface area contributed by atoms with E-state index in [-0.39, 0.29) is 5.56 Å². The lowest BCUT2D eigenvalue weighted by Gasteiger charge is -2.35. The van der Waals surface area contributed by atoms with Gasteiger partial charge in [0.05, 0.1) is 18.4 Å². The molecule has 0 unspecified atom stereocenters. The molecule has 200 valence electrons. The number of piperidine rings is 1. The molecule has 1 N–H and O–H groups in total. The van der Waals surface area contributed by atoms with Crippen LogP contribution in [0.25, 0.3) is 16.9 Å². The van der Waals surface area contributed by atoms with Crippen molar-refractivity contribution in [3.63, 3.8) is 0 Å². The number of allylic oxidation sites excluding steroid dienone is 1. The summed E-state index contributed by atoms with van der Waals surface area (Å²) in [5, 5.41) is 8.04. The van der Waals surface area contributed by atoms with Crippen LogP contribution in [0, 0.1) is 5.92 Å². The second-order valence-corrected chi connectivity index (χ2v) is 10.4. The van der Waals surface area contributed by atoms with Gasteiger partial charge in [-0.3, -0.25) is 9.48 Å². The molecule has 4 aromatic heterocycles. The van der Waals surface area contributed by atoms with Crippen molar-refractivity contribution < 1.29 is 0 Å². The summed E-state index contributed by atoms with van der Waals surface area (Å²) in [6.07, 6.45) is 9.10. The van der Waals surface area contributed by atoms with Gasteiger partial charge in [0.15, 0.2) is 11.5 Å². The molecule has 5 rings (SSSR count). The molecule has 0 atom stereocenters. The van der Waals surface area contributed by atoms with Gasteiger partial charge < -0.3 is 15.1 Å². The van der Waals surface area contributed by atoms with Gasteiger partial charge in [-0.15, -0.1) is 6.58 Å². The molecular formula is C27H36N10O. The first-order valence-corrected chi connectivity index (χ1v) is 13.1. The maximum Gasteiger partial charge on any atom is 0.278 e. The summed E-state index contributed by atoms with van der Waals surface area (Å²) in [5.41, 5.74) is 1.08. The van der Waals surface area contributed by atoms with Crippen LogP contribution in [0.3, 0.4) is 0 Å². The largest absolute Gasteiger partial charge is 0.357 e. The standard InChI is InChI=1S/C27H36N10O/c1-6-12-36-26(38)22-16-28-27(30-20-15-29-35(18-20)17-19(2)3)32-25(22)37(36)24-9-7-8-23(31-24)34(5)21-10-13-33(4)14-11-21/h6-9,15-16,18-19,21H,1,10-14,17H2,2-5H3,(H,28,30,32). The van der Waals surface area contributed by atoms with Crippen molar-refractivity contribution in [3.8, 4) is 5.82 Å². The van der Waals surface area contributed by atoms with E-state index in [2.05, 4.69) is 59.7 Å². The molecule has 0 aromatic carbocycles. The number of likely N-dealkylation sites (tertiary alicyclic amines) is 1. The average Bonchev–Trinajstić information content (AvgIpc) is 3.45. The van der Waals surface area contributed by atoms with E-state index in [1.807, 2.05) is 29.1 Å². The summed E-state index contributed by atoms with van der Waals surface area (Å²) in [5.74, 6) is 2.34. The zero-order valence-corrected chi connectivity index (χ0v) is 22.6. The summed E-state index contributed by atoms with van der Waals surface area (Å²) in [7, 11) is 4.25. The molecular weight excluding hydrogens is 480 g/mol. The van der Waals surface area contributed by atoms with E-state index >= 15 is 0 Å². The Morgan fingerprint density at radius 3 is 2.74 bits per heavy atom. The number of anilines is 3. The number of nitrogens with zero attached hydrogens (tertiary/aromatic N) is 9. The first kappa shape index (κ1) is 25.7. The van der Waals surface area contributed by atoms with Crippen molar-refractivity contribution in [1.29, 1.82) is 0 Å². The fourth-order valence-electron chi connectivity index (χ4n) is 4.94. The SMILES string of the molecule is C=CCn1c(=O)c2cnc(Nc3cnn(CC(C)C)c3)nc2n1-c1cccc(N(C)C2CCN(C)CC2)n1. The van der Waals surface area contributed by atoms with Crippen LogP contribution in [0.5, 0.6) is 0 Å². The van der Waals surface area contributed by atoms with Crippen LogP contribution in [-0.2, 0) is 13.1 Å². The Bertz CT molecular complexity index is 1470. The third kappa shape index (κ3) is 5.19. The summed E-state index contributed by atoms with van der Waals surface area (Å²) in [4.78, 5) is 32.1. The fourth-order valence-corrected chi connectivity index (χ4v) is 4.94. The van der Waals surface area contributed by atoms with Crippen molar-refractivity contribution in [3.05, 3.63) is 59.8 Å². The molecule has 0 bridgehead atoms. The maximum absolute atomic E-state index is 13.3. The molecule has 1 saturated heterocycles. The number of hydrogen-bond donors (Lipinski definition) is 1. The first-order chi connectivity index (χ1) is 18.3. The number of hydrogen-bond acceptors (Lipinski definition) is 8. The Labute approximate surface area is 222 Å². The Balaban J connectivity index is 1.52. The first-order valence-electron chi connectivity index (χ1n) is 13.1. The van der Waals surface area contributed by atoms with Gasteiger partial charge in [0.1, 0.15) is 11.2 Å². The van der Waals surface area contributed by atoms with E-state index in [1.54, 1.807) is 27.8 Å². The quantitative estimate of drug-likeness (QED) is 0.338. The topological polar surface area (TPSA) is 102 Å². The van der Waals surface area contributed by atoms with Crippen LogP contribution in [-0.4, -0.2) is 72.2 Å². The van der Waals surface area contributed by atoms with Gasteiger partial charge in [-0.05, 0) is 51.0 Å². The highest BCUT2D eigenvalue weighted by molar-refractivity contribution is 5.77. The second kappa shape index (κ2) is 10.8. The van der Waals surface area contributed by atoms with Gasteiger partial charge in [0.25, 0.3) is 5.56 Å². The molecule has 0 spiro atoms. The number of fused-ring (bicyclic) bond motifs is 1. The van der Waals surface area contributed by atoms with Crippen LogP contribution in [0.15, 0.2) is 54.2 Å². The van der Waals surface area contributed by atoms with Crippen molar-refractivity contribution in [2.45, 2.75) is 45.8 Å². The maximum atomic E-state index is 13.3. The van der Waals surface area contributed by atoms with Gasteiger partial charge in [-0.1, -0.05) is 26.0 Å². The summed E-state index contributed by atoms with van der Waals surface area (Å²) in [6.45, 7) is 11.4. The Morgan fingerprint density at radius 1 is 1.21 bits per heavy atom. The van der Waals surface area contributed by atoms with E-state index in [1.165, 1.54) is 0 Å². The van der Waals surface area contributed by atoms with Crippen LogP contribution in [0.2, 0.25) is 0 Å². The predicted octanol–water partition coefficient (Wildman–Crippen LogP) is 3.29. The minimum atomic E-state index is -0.188. The highest BCUT2D eigenvalue weighted by Gasteiger charge is 2.23. The van der Waals surface area contributed by atoms with E-state index in [4.69, 9.17) is 9.97 Å². The van der Waals surface area contributed by atoms with Gasteiger partial charge in [-0.25, -0.2) is 19.3 Å². The predicted molar refractivity (Wildman–Crippen MR) is 150 cm³/mol. The lowest BCUT2D eigenvalue weighted by atomic mass is 10.0. The second-order valence-electron chi connectivity index (χ2n) is 10.4. The molecule has 38 heavy (non-hydrogen) atoms. The molecule has 0 saturated carbocycles. The average molecular weight is 517 g/mol. The number of rotatable bonds is 9. The van der Waals surface area contributed by atoms with Gasteiger partial charge >= 0.3 is 0 Å². The molecule has 11 nitrogen and oxygen atoms in total. The fraction of sp³-hybridized carbons (Fsp3) is 0.444. The molecule has 0 aliphatic carbocycles.